The van der Waals surface area contributed by atoms with E-state index in [2.05, 4.69) is 152 Å². The molecular weight excluding hydrogens is 609 g/mol. The highest BCUT2D eigenvalue weighted by Gasteiger charge is 2.21. The zero-order valence-corrected chi connectivity index (χ0v) is 27.0. The lowest BCUT2D eigenvalue weighted by Gasteiger charge is -2.19. The van der Waals surface area contributed by atoms with Gasteiger partial charge in [0.1, 0.15) is 22.3 Å². The highest BCUT2D eigenvalue weighted by Crippen LogP contribution is 2.48. The summed E-state index contributed by atoms with van der Waals surface area (Å²) >= 11 is 0. The van der Waals surface area contributed by atoms with Crippen molar-refractivity contribution in [3.05, 3.63) is 170 Å². The maximum absolute atomic E-state index is 6.48. The Hall–Kier alpha value is -6.64. The largest absolute Gasteiger partial charge is 0.455 e. The van der Waals surface area contributed by atoms with E-state index in [0.29, 0.717) is 0 Å². The Morgan fingerprint density at radius 1 is 0.260 bits per heavy atom. The van der Waals surface area contributed by atoms with E-state index in [0.717, 1.165) is 60.4 Å². The average molecular weight is 637 g/mol. The zero-order valence-electron chi connectivity index (χ0n) is 27.0. The van der Waals surface area contributed by atoms with Crippen molar-refractivity contribution in [2.24, 2.45) is 0 Å². The van der Waals surface area contributed by atoms with Crippen LogP contribution in [0.5, 0.6) is 0 Å². The van der Waals surface area contributed by atoms with Gasteiger partial charge in [-0.05, 0) is 72.9 Å². The van der Waals surface area contributed by atoms with E-state index in [1.165, 1.54) is 49.2 Å². The molecule has 0 radical (unpaired) electrons. The van der Waals surface area contributed by atoms with E-state index >= 15 is 0 Å². The van der Waals surface area contributed by atoms with Crippen LogP contribution in [0.4, 0.5) is 0 Å². The summed E-state index contributed by atoms with van der Waals surface area (Å²) in [4.78, 5) is 0. The van der Waals surface area contributed by atoms with Crippen LogP contribution in [-0.2, 0) is 0 Å². The molecule has 0 amide bonds. The Bertz CT molecular complexity index is 3080. The van der Waals surface area contributed by atoms with Gasteiger partial charge >= 0.3 is 0 Å². The molecule has 2 heterocycles. The predicted octanol–water partition coefficient (Wildman–Crippen LogP) is 13.9. The van der Waals surface area contributed by atoms with Gasteiger partial charge in [-0.15, -0.1) is 0 Å². The quantitative estimate of drug-likeness (QED) is 0.180. The van der Waals surface area contributed by atoms with E-state index in [-0.39, 0.29) is 0 Å². The van der Waals surface area contributed by atoms with Crippen molar-refractivity contribution in [3.8, 4) is 33.4 Å². The average Bonchev–Trinajstić information content (AvgIpc) is 3.76. The zero-order chi connectivity index (χ0) is 32.8. The minimum absolute atomic E-state index is 0.912. The third-order valence-electron chi connectivity index (χ3n) is 10.5. The second kappa shape index (κ2) is 10.4. The van der Waals surface area contributed by atoms with E-state index in [9.17, 15) is 0 Å². The highest BCUT2D eigenvalue weighted by molar-refractivity contribution is 6.27. The molecule has 11 aromatic rings. The first kappa shape index (κ1) is 27.3. The van der Waals surface area contributed by atoms with Gasteiger partial charge in [0, 0.05) is 32.5 Å². The first-order chi connectivity index (χ1) is 24.8. The van der Waals surface area contributed by atoms with Crippen LogP contribution in [0, 0.1) is 0 Å². The molecule has 9 aromatic carbocycles. The molecule has 0 spiro atoms. The van der Waals surface area contributed by atoms with Crippen LogP contribution in [0.25, 0.3) is 110 Å². The maximum atomic E-state index is 6.48. The lowest BCUT2D eigenvalue weighted by Crippen LogP contribution is -1.92. The summed E-state index contributed by atoms with van der Waals surface area (Å²) in [6, 6.07) is 60.8. The van der Waals surface area contributed by atoms with Crippen molar-refractivity contribution in [1.29, 1.82) is 0 Å². The molecule has 2 heteroatoms. The Morgan fingerprint density at radius 2 is 0.700 bits per heavy atom. The molecule has 0 atom stereocenters. The van der Waals surface area contributed by atoms with Gasteiger partial charge < -0.3 is 8.83 Å². The summed E-state index contributed by atoms with van der Waals surface area (Å²) in [7, 11) is 0. The molecule has 0 aliphatic carbocycles. The van der Waals surface area contributed by atoms with Crippen molar-refractivity contribution in [3.63, 3.8) is 0 Å². The highest BCUT2D eigenvalue weighted by atomic mass is 16.3. The fourth-order valence-electron chi connectivity index (χ4n) is 8.27. The van der Waals surface area contributed by atoms with E-state index in [1.54, 1.807) is 0 Å². The molecule has 0 aliphatic rings. The minimum atomic E-state index is 0.912. The third kappa shape index (κ3) is 3.85. The van der Waals surface area contributed by atoms with Crippen LogP contribution in [-0.4, -0.2) is 0 Å². The van der Waals surface area contributed by atoms with Gasteiger partial charge in [0.25, 0.3) is 0 Å². The van der Waals surface area contributed by atoms with Crippen molar-refractivity contribution in [2.75, 3.05) is 0 Å². The first-order valence-electron chi connectivity index (χ1n) is 17.1. The van der Waals surface area contributed by atoms with Gasteiger partial charge in [-0.25, -0.2) is 0 Å². The molecule has 232 valence electrons. The molecule has 50 heavy (non-hydrogen) atoms. The second-order valence-corrected chi connectivity index (χ2v) is 13.1. The van der Waals surface area contributed by atoms with Gasteiger partial charge in [0.05, 0.1) is 0 Å². The molecule has 0 bridgehead atoms. The van der Waals surface area contributed by atoms with E-state index < -0.39 is 0 Å². The fraction of sp³-hybridized carbons (Fsp3) is 0. The van der Waals surface area contributed by atoms with Crippen molar-refractivity contribution >= 4 is 76.2 Å². The number of benzene rings is 9. The number of furan rings is 2. The predicted molar refractivity (Wildman–Crippen MR) is 210 cm³/mol. The van der Waals surface area contributed by atoms with E-state index in [1.807, 2.05) is 18.2 Å². The Balaban J connectivity index is 1.16. The molecule has 0 N–H and O–H groups in total. The Kier molecular flexibility index (Phi) is 5.70. The summed E-state index contributed by atoms with van der Waals surface area (Å²) in [6.07, 6.45) is 0. The standard InChI is InChI=1S/C48H28O2/c1-6-19-39-32(12-1)41(28-42-34-14-8-10-23-44(34)50-48(39)42)46-37-17-4-2-15-35(37)45(36-16-3-5-18-38(36)46)30-26-24-29(25-27-30)31-20-11-21-40-33-13-7-9-22-43(33)49-47(31)40/h1-28H. The second-order valence-electron chi connectivity index (χ2n) is 13.1. The Labute approximate surface area is 287 Å². The van der Waals surface area contributed by atoms with Crippen LogP contribution in [0.15, 0.2) is 179 Å². The summed E-state index contributed by atoms with van der Waals surface area (Å²) in [5.74, 6) is 0. The number of hydrogen-bond donors (Lipinski definition) is 0. The first-order valence-corrected chi connectivity index (χ1v) is 17.1. The lowest BCUT2D eigenvalue weighted by atomic mass is 9.84. The molecule has 0 unspecified atom stereocenters. The number of rotatable bonds is 3. The molecule has 2 nitrogen and oxygen atoms in total. The molecule has 0 saturated carbocycles. The molecule has 11 rings (SSSR count). The van der Waals surface area contributed by atoms with Crippen LogP contribution < -0.4 is 0 Å². The summed E-state index contributed by atoms with van der Waals surface area (Å²) in [6.45, 7) is 0. The number of hydrogen-bond acceptors (Lipinski definition) is 2. The van der Waals surface area contributed by atoms with Gasteiger partial charge in [-0.2, -0.15) is 0 Å². The number of fused-ring (bicyclic) bond motifs is 10. The van der Waals surface area contributed by atoms with Crippen LogP contribution in [0.1, 0.15) is 0 Å². The van der Waals surface area contributed by atoms with Crippen molar-refractivity contribution in [1.82, 2.24) is 0 Å². The molecule has 0 saturated heterocycles. The third-order valence-corrected chi connectivity index (χ3v) is 10.5. The van der Waals surface area contributed by atoms with Crippen molar-refractivity contribution in [2.45, 2.75) is 0 Å². The smallest absolute Gasteiger partial charge is 0.143 e. The molecule has 0 aliphatic heterocycles. The molecule has 0 fully saturated rings. The SMILES string of the molecule is c1ccc2c(c1)oc1c(-c3ccc(-c4c5ccccc5c(-c5cc6c7ccccc7oc6c6ccccc56)c5ccccc45)cc3)cccc12. The normalized spacial score (nSPS) is 12.0. The van der Waals surface area contributed by atoms with Gasteiger partial charge in [0.15, 0.2) is 0 Å². The van der Waals surface area contributed by atoms with Gasteiger partial charge in [-0.1, -0.05) is 152 Å². The van der Waals surface area contributed by atoms with Gasteiger partial charge in [0.2, 0.25) is 0 Å². The Morgan fingerprint density at radius 3 is 1.34 bits per heavy atom. The monoisotopic (exact) mass is 636 g/mol. The minimum Gasteiger partial charge on any atom is -0.455 e. The summed E-state index contributed by atoms with van der Waals surface area (Å²) in [5, 5.41) is 11.8. The lowest BCUT2D eigenvalue weighted by molar-refractivity contribution is 0.670. The molecular formula is C48H28O2. The summed E-state index contributed by atoms with van der Waals surface area (Å²) in [5.41, 5.74) is 10.8. The molecule has 2 aromatic heterocycles. The van der Waals surface area contributed by atoms with Crippen LogP contribution in [0.3, 0.4) is 0 Å². The van der Waals surface area contributed by atoms with Crippen LogP contribution >= 0.6 is 0 Å². The van der Waals surface area contributed by atoms with Gasteiger partial charge in [-0.3, -0.25) is 0 Å². The van der Waals surface area contributed by atoms with E-state index in [4.69, 9.17) is 8.83 Å². The number of para-hydroxylation sites is 3. The van der Waals surface area contributed by atoms with Crippen LogP contribution in [0.2, 0.25) is 0 Å². The maximum Gasteiger partial charge on any atom is 0.143 e. The fourth-order valence-corrected chi connectivity index (χ4v) is 8.27. The topological polar surface area (TPSA) is 26.3 Å². The van der Waals surface area contributed by atoms with Crippen molar-refractivity contribution < 1.29 is 8.83 Å². The summed E-state index contributed by atoms with van der Waals surface area (Å²) < 4.78 is 12.9.